The predicted molar refractivity (Wildman–Crippen MR) is 150 cm³/mol. The molecule has 4 aromatic rings. The summed E-state index contributed by atoms with van der Waals surface area (Å²) in [5.74, 6) is 0.626. The van der Waals surface area contributed by atoms with E-state index in [9.17, 15) is 4.79 Å². The van der Waals surface area contributed by atoms with Gasteiger partial charge in [0.25, 0.3) is 5.91 Å². The number of hydrogen-bond donors (Lipinski definition) is 2. The Morgan fingerprint density at radius 2 is 1.95 bits per heavy atom. The summed E-state index contributed by atoms with van der Waals surface area (Å²) in [6, 6.07) is 19.3. The summed E-state index contributed by atoms with van der Waals surface area (Å²) in [7, 11) is 1.63. The average Bonchev–Trinajstić information content (AvgIpc) is 3.29. The molecule has 2 aliphatic carbocycles. The second-order valence-corrected chi connectivity index (χ2v) is 11.6. The van der Waals surface area contributed by atoms with Gasteiger partial charge in [-0.05, 0) is 91.8 Å². The molecule has 6 rings (SSSR count). The maximum absolute atomic E-state index is 13.5. The van der Waals surface area contributed by atoms with Gasteiger partial charge in [-0.15, -0.1) is 11.3 Å². The summed E-state index contributed by atoms with van der Waals surface area (Å²) >= 11 is 1.84. The molecule has 2 saturated carbocycles. The molecule has 2 aliphatic rings. The van der Waals surface area contributed by atoms with Gasteiger partial charge in [-0.2, -0.15) is 0 Å². The van der Waals surface area contributed by atoms with Crippen molar-refractivity contribution < 1.29 is 9.53 Å². The van der Waals surface area contributed by atoms with Crippen LogP contribution >= 0.6 is 11.3 Å². The normalized spacial score (nSPS) is 16.7. The number of amides is 1. The molecular weight excluding hydrogens is 478 g/mol. The quantitative estimate of drug-likeness (QED) is 0.275. The third kappa shape index (κ3) is 4.88. The first-order valence-electron chi connectivity index (χ1n) is 13.2. The van der Waals surface area contributed by atoms with Gasteiger partial charge in [-0.25, -0.2) is 0 Å². The molecule has 190 valence electrons. The van der Waals surface area contributed by atoms with Crippen LogP contribution in [0.5, 0.6) is 5.75 Å². The highest BCUT2D eigenvalue weighted by molar-refractivity contribution is 7.15. The first kappa shape index (κ1) is 24.1. The second-order valence-electron chi connectivity index (χ2n) is 10.4. The highest BCUT2D eigenvalue weighted by Gasteiger charge is 2.47. The van der Waals surface area contributed by atoms with E-state index in [1.807, 2.05) is 48.7 Å². The number of pyridine rings is 1. The summed E-state index contributed by atoms with van der Waals surface area (Å²) in [5.41, 5.74) is 4.49. The third-order valence-electron chi connectivity index (χ3n) is 7.89. The lowest BCUT2D eigenvalue weighted by Gasteiger charge is -2.22. The fourth-order valence-corrected chi connectivity index (χ4v) is 6.51. The van der Waals surface area contributed by atoms with E-state index in [1.54, 1.807) is 7.11 Å². The number of carbonyl (C=O) groups excluding carboxylic acids is 1. The van der Waals surface area contributed by atoms with Crippen LogP contribution in [0.15, 0.2) is 60.8 Å². The SMILES string of the molecule is COc1ccc(C)c(C(=O)NC2(c3cc(-c4ccc(CNC5CCCC5)s4)cc4ncccc34)CC2)c1. The Balaban J connectivity index is 1.31. The summed E-state index contributed by atoms with van der Waals surface area (Å²) in [6.07, 6.45) is 8.94. The number of methoxy groups -OCH3 is 1. The summed E-state index contributed by atoms with van der Waals surface area (Å²) < 4.78 is 5.37. The number of thiophene rings is 1. The van der Waals surface area contributed by atoms with Crippen molar-refractivity contribution in [2.45, 2.75) is 63.6 Å². The number of hydrogen-bond acceptors (Lipinski definition) is 5. The van der Waals surface area contributed by atoms with E-state index in [4.69, 9.17) is 9.72 Å². The van der Waals surface area contributed by atoms with Crippen molar-refractivity contribution in [2.24, 2.45) is 0 Å². The van der Waals surface area contributed by atoms with Crippen molar-refractivity contribution in [2.75, 3.05) is 7.11 Å². The molecule has 1 amide bonds. The molecule has 0 aliphatic heterocycles. The Kier molecular flexibility index (Phi) is 6.47. The molecule has 0 unspecified atom stereocenters. The Labute approximate surface area is 222 Å². The van der Waals surface area contributed by atoms with Crippen LogP contribution in [0, 0.1) is 6.92 Å². The van der Waals surface area contributed by atoms with Crippen LogP contribution in [0.2, 0.25) is 0 Å². The van der Waals surface area contributed by atoms with E-state index in [-0.39, 0.29) is 11.4 Å². The van der Waals surface area contributed by atoms with E-state index < -0.39 is 0 Å². The van der Waals surface area contributed by atoms with Crippen LogP contribution in [0.4, 0.5) is 0 Å². The van der Waals surface area contributed by atoms with Crippen molar-refractivity contribution in [3.8, 4) is 16.2 Å². The van der Waals surface area contributed by atoms with Crippen LogP contribution in [-0.2, 0) is 12.1 Å². The lowest BCUT2D eigenvalue weighted by atomic mass is 9.95. The minimum Gasteiger partial charge on any atom is -0.497 e. The molecule has 2 fully saturated rings. The van der Waals surface area contributed by atoms with E-state index >= 15 is 0 Å². The first-order valence-corrected chi connectivity index (χ1v) is 14.1. The zero-order chi connectivity index (χ0) is 25.4. The topological polar surface area (TPSA) is 63.2 Å². The average molecular weight is 512 g/mol. The number of benzene rings is 2. The van der Waals surface area contributed by atoms with Crippen molar-refractivity contribution in [1.82, 2.24) is 15.6 Å². The molecule has 2 N–H and O–H groups in total. The van der Waals surface area contributed by atoms with Crippen LogP contribution in [-0.4, -0.2) is 24.0 Å². The number of nitrogens with one attached hydrogen (secondary N) is 2. The van der Waals surface area contributed by atoms with Crippen LogP contribution in [0.1, 0.15) is 64.9 Å². The monoisotopic (exact) mass is 511 g/mol. The van der Waals surface area contributed by atoms with E-state index in [0.717, 1.165) is 47.0 Å². The van der Waals surface area contributed by atoms with E-state index in [0.29, 0.717) is 17.4 Å². The first-order chi connectivity index (χ1) is 18.0. The molecule has 2 aromatic heterocycles. The fourth-order valence-electron chi connectivity index (χ4n) is 5.57. The van der Waals surface area contributed by atoms with Gasteiger partial charge in [0.2, 0.25) is 0 Å². The smallest absolute Gasteiger partial charge is 0.252 e. The number of aryl methyl sites for hydroxylation is 1. The predicted octanol–water partition coefficient (Wildman–Crippen LogP) is 6.73. The number of rotatable bonds is 8. The van der Waals surface area contributed by atoms with Gasteiger partial charge >= 0.3 is 0 Å². The second kappa shape index (κ2) is 9.92. The van der Waals surface area contributed by atoms with Gasteiger partial charge < -0.3 is 15.4 Å². The molecule has 37 heavy (non-hydrogen) atoms. The zero-order valence-corrected chi connectivity index (χ0v) is 22.3. The maximum atomic E-state index is 13.5. The molecule has 0 radical (unpaired) electrons. The third-order valence-corrected chi connectivity index (χ3v) is 9.03. The Morgan fingerprint density at radius 3 is 2.73 bits per heavy atom. The molecule has 5 nitrogen and oxygen atoms in total. The highest BCUT2D eigenvalue weighted by Crippen LogP contribution is 2.49. The van der Waals surface area contributed by atoms with Gasteiger partial charge in [0.05, 0.1) is 18.2 Å². The lowest BCUT2D eigenvalue weighted by molar-refractivity contribution is 0.0930. The molecule has 6 heteroatoms. The zero-order valence-electron chi connectivity index (χ0n) is 21.5. The highest BCUT2D eigenvalue weighted by atomic mass is 32.1. The number of carbonyl (C=O) groups is 1. The molecule has 0 bridgehead atoms. The standard InChI is InChI=1S/C31H33N3O2S/c1-20-9-10-23(36-2)18-26(20)30(35)34-31(13-14-31)27-16-21(17-28-25(27)8-5-15-32-28)29-12-11-24(37-29)19-33-22-6-3-4-7-22/h5,8-12,15-18,22,33H,3-4,6-7,13-14,19H2,1-2H3,(H,34,35). The molecule has 2 aromatic carbocycles. The van der Waals surface area contributed by atoms with Gasteiger partial charge in [0.15, 0.2) is 0 Å². The van der Waals surface area contributed by atoms with Crippen molar-refractivity contribution >= 4 is 28.1 Å². The summed E-state index contributed by atoms with van der Waals surface area (Å²) in [4.78, 5) is 20.7. The van der Waals surface area contributed by atoms with Crippen molar-refractivity contribution in [3.63, 3.8) is 0 Å². The largest absolute Gasteiger partial charge is 0.497 e. The van der Waals surface area contributed by atoms with Crippen LogP contribution < -0.4 is 15.4 Å². The van der Waals surface area contributed by atoms with Crippen LogP contribution in [0.3, 0.4) is 0 Å². The lowest BCUT2D eigenvalue weighted by Crippen LogP contribution is -2.35. The number of nitrogens with zero attached hydrogens (tertiary/aromatic N) is 1. The summed E-state index contributed by atoms with van der Waals surface area (Å²) in [5, 5.41) is 8.22. The van der Waals surface area contributed by atoms with Gasteiger partial charge in [-0.1, -0.05) is 25.0 Å². The maximum Gasteiger partial charge on any atom is 0.252 e. The Bertz CT molecular complexity index is 1450. The number of fused-ring (bicyclic) bond motifs is 1. The fraction of sp³-hybridized carbons (Fsp3) is 0.355. The molecule has 0 spiro atoms. The Morgan fingerprint density at radius 1 is 1.11 bits per heavy atom. The molecular formula is C31H33N3O2S. The minimum absolute atomic E-state index is 0.0623. The number of aromatic nitrogens is 1. The summed E-state index contributed by atoms with van der Waals surface area (Å²) in [6.45, 7) is 2.89. The molecule has 2 heterocycles. The minimum atomic E-state index is -0.381. The van der Waals surface area contributed by atoms with Gasteiger partial charge in [-0.3, -0.25) is 9.78 Å². The van der Waals surface area contributed by atoms with Crippen molar-refractivity contribution in [1.29, 1.82) is 0 Å². The van der Waals surface area contributed by atoms with E-state index in [2.05, 4.69) is 41.0 Å². The van der Waals surface area contributed by atoms with Gasteiger partial charge in [0.1, 0.15) is 5.75 Å². The number of ether oxygens (including phenoxy) is 1. The van der Waals surface area contributed by atoms with Crippen molar-refractivity contribution in [3.05, 3.63) is 82.4 Å². The van der Waals surface area contributed by atoms with Crippen LogP contribution in [0.25, 0.3) is 21.3 Å². The Hall–Kier alpha value is -3.22. The molecule has 0 saturated heterocycles. The van der Waals surface area contributed by atoms with Gasteiger partial charge in [0, 0.05) is 39.5 Å². The molecule has 0 atom stereocenters. The van der Waals surface area contributed by atoms with E-state index in [1.165, 1.54) is 35.4 Å².